The van der Waals surface area contributed by atoms with Crippen molar-refractivity contribution in [3.8, 4) is 11.3 Å². The molecule has 1 amide bonds. The summed E-state index contributed by atoms with van der Waals surface area (Å²) < 4.78 is 0. The lowest BCUT2D eigenvalue weighted by Gasteiger charge is -2.26. The van der Waals surface area contributed by atoms with Gasteiger partial charge in [0.15, 0.2) is 0 Å². The van der Waals surface area contributed by atoms with E-state index in [4.69, 9.17) is 5.73 Å². The van der Waals surface area contributed by atoms with Gasteiger partial charge in [-0.15, -0.1) is 0 Å². The normalized spacial score (nSPS) is 17.2. The number of hydrogen-bond acceptors (Lipinski definition) is 4. The minimum atomic E-state index is 0.104. The number of anilines is 1. The van der Waals surface area contributed by atoms with Crippen LogP contribution in [0.5, 0.6) is 0 Å². The molecular weight excluding hydrogens is 410 g/mol. The lowest BCUT2D eigenvalue weighted by molar-refractivity contribution is 0.0992. The molecular formula is C27H35N5O. The van der Waals surface area contributed by atoms with Crippen LogP contribution in [0.1, 0.15) is 61.7 Å². The van der Waals surface area contributed by atoms with E-state index in [-0.39, 0.29) is 11.9 Å². The third-order valence-corrected chi connectivity index (χ3v) is 7.28. The third-order valence-electron chi connectivity index (χ3n) is 7.28. The molecule has 2 aliphatic heterocycles. The molecule has 1 atom stereocenters. The summed E-state index contributed by atoms with van der Waals surface area (Å²) in [6.07, 6.45) is 11.3. The van der Waals surface area contributed by atoms with Crippen LogP contribution in [-0.4, -0.2) is 53.2 Å². The van der Waals surface area contributed by atoms with E-state index in [2.05, 4.69) is 33.3 Å². The van der Waals surface area contributed by atoms with E-state index in [1.165, 1.54) is 51.7 Å². The summed E-state index contributed by atoms with van der Waals surface area (Å²) in [6, 6.07) is 12.4. The number of likely N-dealkylation sites (tertiary alicyclic amines) is 1. The maximum atomic E-state index is 13.2. The Morgan fingerprint density at radius 2 is 1.79 bits per heavy atom. The molecule has 0 aliphatic carbocycles. The van der Waals surface area contributed by atoms with Crippen LogP contribution >= 0.6 is 0 Å². The van der Waals surface area contributed by atoms with Gasteiger partial charge in [0.1, 0.15) is 0 Å². The Labute approximate surface area is 196 Å². The average Bonchev–Trinajstić information content (AvgIpc) is 3.47. The first kappa shape index (κ1) is 22.1. The van der Waals surface area contributed by atoms with Gasteiger partial charge in [-0.1, -0.05) is 31.0 Å². The Morgan fingerprint density at radius 3 is 2.61 bits per heavy atom. The quantitative estimate of drug-likeness (QED) is 0.433. The van der Waals surface area contributed by atoms with Crippen LogP contribution in [0.2, 0.25) is 0 Å². The summed E-state index contributed by atoms with van der Waals surface area (Å²) in [5.74, 6) is 0.104. The first-order valence-corrected chi connectivity index (χ1v) is 12.6. The number of nitrogens with zero attached hydrogens (tertiary/aromatic N) is 3. The fourth-order valence-electron chi connectivity index (χ4n) is 5.49. The van der Waals surface area contributed by atoms with Gasteiger partial charge < -0.3 is 15.5 Å². The molecule has 2 aliphatic rings. The van der Waals surface area contributed by atoms with Crippen molar-refractivity contribution in [2.24, 2.45) is 5.73 Å². The van der Waals surface area contributed by atoms with Crippen molar-refractivity contribution in [2.45, 2.75) is 57.4 Å². The molecule has 0 radical (unpaired) electrons. The van der Waals surface area contributed by atoms with E-state index >= 15 is 0 Å². The molecule has 0 bridgehead atoms. The van der Waals surface area contributed by atoms with Gasteiger partial charge in [-0.05, 0) is 81.7 Å². The number of nitrogens with two attached hydrogens (primary N) is 1. The van der Waals surface area contributed by atoms with Gasteiger partial charge in [0.05, 0.1) is 11.4 Å². The third kappa shape index (κ3) is 4.68. The molecule has 6 nitrogen and oxygen atoms in total. The Balaban J connectivity index is 1.16. The largest absolute Gasteiger partial charge is 0.328 e. The molecule has 5 rings (SSSR count). The van der Waals surface area contributed by atoms with Crippen LogP contribution in [-0.2, 0) is 0 Å². The van der Waals surface area contributed by atoms with Gasteiger partial charge in [-0.3, -0.25) is 9.89 Å². The number of carbonyl (C=O) groups excluding carboxylic acids is 1. The number of rotatable bonds is 10. The monoisotopic (exact) mass is 445 g/mol. The smallest absolute Gasteiger partial charge is 0.258 e. The second-order valence-corrected chi connectivity index (χ2v) is 9.59. The molecule has 1 saturated heterocycles. The maximum Gasteiger partial charge on any atom is 0.258 e. The first-order chi connectivity index (χ1) is 16.2. The molecule has 2 aromatic carbocycles. The van der Waals surface area contributed by atoms with Gasteiger partial charge in [0, 0.05) is 35.3 Å². The number of benzene rings is 2. The SMILES string of the molecule is NC(CCCCN1CCCCC1)CCCN1C(=O)c2cccc3c(-c4ccn[nH]4)ccc1c23. The minimum absolute atomic E-state index is 0.104. The maximum absolute atomic E-state index is 13.2. The number of carbonyl (C=O) groups is 1. The van der Waals surface area contributed by atoms with Crippen molar-refractivity contribution < 1.29 is 4.79 Å². The molecule has 1 fully saturated rings. The Hall–Kier alpha value is -2.70. The topological polar surface area (TPSA) is 78.2 Å². The second-order valence-electron chi connectivity index (χ2n) is 9.59. The van der Waals surface area contributed by atoms with Crippen LogP contribution < -0.4 is 10.6 Å². The highest BCUT2D eigenvalue weighted by Gasteiger charge is 2.30. The molecule has 1 unspecified atom stereocenters. The molecule has 3 heterocycles. The zero-order valence-electron chi connectivity index (χ0n) is 19.4. The van der Waals surface area contributed by atoms with E-state index < -0.39 is 0 Å². The van der Waals surface area contributed by atoms with Crippen LogP contribution in [0.4, 0.5) is 5.69 Å². The van der Waals surface area contributed by atoms with Crippen molar-refractivity contribution in [1.29, 1.82) is 0 Å². The van der Waals surface area contributed by atoms with Gasteiger partial charge in [0.2, 0.25) is 0 Å². The predicted octanol–water partition coefficient (Wildman–Crippen LogP) is 4.95. The van der Waals surface area contributed by atoms with Crippen LogP contribution in [0.15, 0.2) is 42.6 Å². The molecule has 3 aromatic rings. The number of aromatic amines is 1. The molecule has 6 heteroatoms. The van der Waals surface area contributed by atoms with Crippen molar-refractivity contribution in [2.75, 3.05) is 31.1 Å². The number of amides is 1. The van der Waals surface area contributed by atoms with Crippen LogP contribution in [0.3, 0.4) is 0 Å². The summed E-state index contributed by atoms with van der Waals surface area (Å²) >= 11 is 0. The fraction of sp³-hybridized carbons (Fsp3) is 0.481. The van der Waals surface area contributed by atoms with Crippen molar-refractivity contribution in [3.05, 3.63) is 48.2 Å². The van der Waals surface area contributed by atoms with Crippen LogP contribution in [0, 0.1) is 0 Å². The molecule has 1 aromatic heterocycles. The van der Waals surface area contributed by atoms with E-state index in [0.717, 1.165) is 52.5 Å². The van der Waals surface area contributed by atoms with Crippen molar-refractivity contribution in [3.63, 3.8) is 0 Å². The summed E-state index contributed by atoms with van der Waals surface area (Å²) in [5.41, 5.74) is 10.3. The highest BCUT2D eigenvalue weighted by atomic mass is 16.2. The highest BCUT2D eigenvalue weighted by molar-refractivity contribution is 6.26. The first-order valence-electron chi connectivity index (χ1n) is 12.6. The van der Waals surface area contributed by atoms with Crippen LogP contribution in [0.25, 0.3) is 22.0 Å². The number of H-pyrrole nitrogens is 1. The molecule has 3 N–H and O–H groups in total. The zero-order valence-corrected chi connectivity index (χ0v) is 19.4. The number of piperidine rings is 1. The summed E-state index contributed by atoms with van der Waals surface area (Å²) in [5, 5.41) is 9.28. The molecule has 0 spiro atoms. The predicted molar refractivity (Wildman–Crippen MR) is 135 cm³/mol. The lowest BCUT2D eigenvalue weighted by atomic mass is 9.99. The number of unbranched alkanes of at least 4 members (excludes halogenated alkanes) is 1. The summed E-state index contributed by atoms with van der Waals surface area (Å²) in [7, 11) is 0. The Kier molecular flexibility index (Phi) is 6.74. The standard InChI is InChI=1S/C27H35N5O/c28-20(8-2-5-18-31-16-3-1-4-17-31)9-7-19-32-25-13-12-21(24-14-15-29-30-24)22-10-6-11-23(26(22)25)27(32)33/h6,10-15,20H,1-5,7-9,16-19,28H2,(H,29,30). The Bertz CT molecular complexity index is 1090. The summed E-state index contributed by atoms with van der Waals surface area (Å²) in [6.45, 7) is 4.48. The van der Waals surface area contributed by atoms with E-state index in [1.807, 2.05) is 23.1 Å². The van der Waals surface area contributed by atoms with Gasteiger partial charge in [-0.2, -0.15) is 5.10 Å². The molecule has 33 heavy (non-hydrogen) atoms. The molecule has 0 saturated carbocycles. The molecule has 174 valence electrons. The average molecular weight is 446 g/mol. The Morgan fingerprint density at radius 1 is 0.939 bits per heavy atom. The van der Waals surface area contributed by atoms with Gasteiger partial charge in [0.25, 0.3) is 5.91 Å². The zero-order chi connectivity index (χ0) is 22.6. The number of aromatic nitrogens is 2. The van der Waals surface area contributed by atoms with Gasteiger partial charge in [-0.25, -0.2) is 0 Å². The lowest BCUT2D eigenvalue weighted by Crippen LogP contribution is -2.31. The van der Waals surface area contributed by atoms with E-state index in [9.17, 15) is 4.79 Å². The van der Waals surface area contributed by atoms with Crippen molar-refractivity contribution in [1.82, 2.24) is 15.1 Å². The second kappa shape index (κ2) is 10.1. The number of nitrogens with one attached hydrogen (secondary N) is 1. The number of hydrogen-bond donors (Lipinski definition) is 2. The fourth-order valence-corrected chi connectivity index (χ4v) is 5.49. The highest BCUT2D eigenvalue weighted by Crippen LogP contribution is 2.41. The van der Waals surface area contributed by atoms with E-state index in [0.29, 0.717) is 6.54 Å². The minimum Gasteiger partial charge on any atom is -0.328 e. The summed E-state index contributed by atoms with van der Waals surface area (Å²) in [4.78, 5) is 17.7. The van der Waals surface area contributed by atoms with E-state index in [1.54, 1.807) is 6.20 Å². The van der Waals surface area contributed by atoms with Gasteiger partial charge >= 0.3 is 0 Å². The van der Waals surface area contributed by atoms with Crippen molar-refractivity contribution >= 4 is 22.4 Å².